The van der Waals surface area contributed by atoms with Crippen molar-refractivity contribution in [2.75, 3.05) is 24.6 Å². The molecule has 0 aliphatic carbocycles. The van der Waals surface area contributed by atoms with Gasteiger partial charge in [0.2, 0.25) is 5.91 Å². The molecule has 1 heterocycles. The predicted octanol–water partition coefficient (Wildman–Crippen LogP) is 0.236. The fraction of sp³-hybridized carbons (Fsp3) is 0.833. The Hall–Kier alpha value is -1.11. The summed E-state index contributed by atoms with van der Waals surface area (Å²) in [7, 11) is -3.41. The van der Waals surface area contributed by atoms with Crippen molar-refractivity contribution in [3.63, 3.8) is 0 Å². The summed E-state index contributed by atoms with van der Waals surface area (Å²) in [6.07, 6.45) is 0. The van der Waals surface area contributed by atoms with Gasteiger partial charge in [-0.3, -0.25) is 9.59 Å². The zero-order valence-electron chi connectivity index (χ0n) is 11.5. The van der Waals surface area contributed by atoms with Crippen molar-refractivity contribution < 1.29 is 23.1 Å². The van der Waals surface area contributed by atoms with Crippen molar-refractivity contribution in [3.8, 4) is 0 Å². The molecule has 19 heavy (non-hydrogen) atoms. The molecule has 0 radical (unpaired) electrons. The molecule has 6 nitrogen and oxygen atoms in total. The van der Waals surface area contributed by atoms with Crippen LogP contribution in [-0.4, -0.2) is 54.9 Å². The van der Waals surface area contributed by atoms with Crippen molar-refractivity contribution in [2.45, 2.75) is 20.8 Å². The molecule has 0 unspecified atom stereocenters. The molecule has 0 bridgehead atoms. The first-order valence-electron chi connectivity index (χ1n) is 6.33. The number of likely N-dealkylation sites (tertiary alicyclic amines) is 1. The van der Waals surface area contributed by atoms with Crippen molar-refractivity contribution in [1.82, 2.24) is 4.90 Å². The Labute approximate surface area is 113 Å². The van der Waals surface area contributed by atoms with Crippen LogP contribution in [0.3, 0.4) is 0 Å². The van der Waals surface area contributed by atoms with E-state index in [1.54, 1.807) is 20.8 Å². The summed E-state index contributed by atoms with van der Waals surface area (Å²) in [6, 6.07) is 0. The lowest BCUT2D eigenvalue weighted by molar-refractivity contribution is -0.142. The average Bonchev–Trinajstić information content (AvgIpc) is 2.57. The molecule has 1 amide bonds. The van der Waals surface area contributed by atoms with Gasteiger partial charge in [-0.2, -0.15) is 0 Å². The lowest BCUT2D eigenvalue weighted by atomic mass is 9.99. The third kappa shape index (κ3) is 4.49. The van der Waals surface area contributed by atoms with E-state index in [1.165, 1.54) is 4.90 Å². The van der Waals surface area contributed by atoms with E-state index in [2.05, 4.69) is 0 Å². The molecule has 0 aromatic heterocycles. The minimum Gasteiger partial charge on any atom is -0.481 e. The van der Waals surface area contributed by atoms with Gasteiger partial charge in [-0.05, 0) is 11.8 Å². The van der Waals surface area contributed by atoms with Gasteiger partial charge in [-0.15, -0.1) is 0 Å². The van der Waals surface area contributed by atoms with Gasteiger partial charge in [-0.1, -0.05) is 20.8 Å². The number of rotatable bonds is 5. The normalized spacial score (nSPS) is 23.9. The molecule has 0 spiro atoms. The van der Waals surface area contributed by atoms with E-state index in [1.807, 2.05) is 0 Å². The van der Waals surface area contributed by atoms with Crippen LogP contribution >= 0.6 is 0 Å². The molecule has 1 aliphatic rings. The van der Waals surface area contributed by atoms with E-state index < -0.39 is 33.4 Å². The average molecular weight is 291 g/mol. The molecule has 0 aromatic carbocycles. The zero-order chi connectivity index (χ0) is 14.8. The largest absolute Gasteiger partial charge is 0.481 e. The summed E-state index contributed by atoms with van der Waals surface area (Å²) in [5.74, 6) is -2.74. The molecular formula is C12H21NO5S. The summed E-state index contributed by atoms with van der Waals surface area (Å²) in [6.45, 7) is 5.73. The highest BCUT2D eigenvalue weighted by Crippen LogP contribution is 2.23. The quantitative estimate of drug-likeness (QED) is 0.783. The van der Waals surface area contributed by atoms with E-state index in [0.29, 0.717) is 6.54 Å². The van der Waals surface area contributed by atoms with Gasteiger partial charge >= 0.3 is 5.97 Å². The Morgan fingerprint density at radius 1 is 1.32 bits per heavy atom. The SMILES string of the molecule is CC(C)CS(=O)(=O)CC(=O)N1C[C@@H](C)[C@H](C(=O)O)C1. The van der Waals surface area contributed by atoms with Gasteiger partial charge in [0.05, 0.1) is 11.7 Å². The number of carboxylic acid groups (broad SMARTS) is 1. The van der Waals surface area contributed by atoms with Crippen molar-refractivity contribution in [2.24, 2.45) is 17.8 Å². The summed E-state index contributed by atoms with van der Waals surface area (Å²) >= 11 is 0. The molecular weight excluding hydrogens is 270 g/mol. The highest BCUT2D eigenvalue weighted by molar-refractivity contribution is 7.92. The number of hydrogen-bond donors (Lipinski definition) is 1. The zero-order valence-corrected chi connectivity index (χ0v) is 12.3. The van der Waals surface area contributed by atoms with Crippen LogP contribution in [0, 0.1) is 17.8 Å². The van der Waals surface area contributed by atoms with Crippen molar-refractivity contribution in [1.29, 1.82) is 0 Å². The van der Waals surface area contributed by atoms with Crippen molar-refractivity contribution >= 4 is 21.7 Å². The molecule has 1 aliphatic heterocycles. The van der Waals surface area contributed by atoms with Crippen LogP contribution in [-0.2, 0) is 19.4 Å². The Bertz CT molecular complexity index is 457. The topological polar surface area (TPSA) is 91.8 Å². The summed E-state index contributed by atoms with van der Waals surface area (Å²) in [5, 5.41) is 8.98. The van der Waals surface area contributed by atoms with Gasteiger partial charge in [-0.25, -0.2) is 8.42 Å². The van der Waals surface area contributed by atoms with E-state index in [9.17, 15) is 18.0 Å². The van der Waals surface area contributed by atoms with Crippen LogP contribution in [0.4, 0.5) is 0 Å². The van der Waals surface area contributed by atoms with Gasteiger partial charge in [0.25, 0.3) is 0 Å². The molecule has 7 heteroatoms. The first-order valence-corrected chi connectivity index (χ1v) is 8.15. The summed E-state index contributed by atoms with van der Waals surface area (Å²) in [4.78, 5) is 24.2. The van der Waals surface area contributed by atoms with E-state index in [0.717, 1.165) is 0 Å². The number of carboxylic acids is 1. The lowest BCUT2D eigenvalue weighted by Gasteiger charge is -2.16. The standard InChI is InChI=1S/C12H21NO5S/c1-8(2)6-19(17,18)7-11(14)13-4-9(3)10(5-13)12(15)16/h8-10H,4-7H2,1-3H3,(H,15,16)/t9-,10-/m1/s1. The van der Waals surface area contributed by atoms with Crippen molar-refractivity contribution in [3.05, 3.63) is 0 Å². The predicted molar refractivity (Wildman–Crippen MR) is 70.4 cm³/mol. The van der Waals surface area contributed by atoms with Gasteiger partial charge < -0.3 is 10.0 Å². The lowest BCUT2D eigenvalue weighted by Crippen LogP contribution is -2.35. The Kier molecular flexibility index (Phi) is 4.95. The number of amides is 1. The molecule has 0 aromatic rings. The van der Waals surface area contributed by atoms with E-state index in [4.69, 9.17) is 5.11 Å². The summed E-state index contributed by atoms with van der Waals surface area (Å²) < 4.78 is 23.5. The minimum absolute atomic E-state index is 0.0233. The first kappa shape index (κ1) is 15.9. The van der Waals surface area contributed by atoms with Gasteiger partial charge in [0, 0.05) is 13.1 Å². The molecule has 1 fully saturated rings. The number of carbonyl (C=O) groups is 2. The number of aliphatic carboxylic acids is 1. The minimum atomic E-state index is -3.41. The number of hydrogen-bond acceptors (Lipinski definition) is 4. The molecule has 1 rings (SSSR count). The van der Waals surface area contributed by atoms with Gasteiger partial charge in [0.1, 0.15) is 5.75 Å². The van der Waals surface area contributed by atoms with Crippen LogP contribution < -0.4 is 0 Å². The summed E-state index contributed by atoms with van der Waals surface area (Å²) in [5.41, 5.74) is 0. The molecule has 1 N–H and O–H groups in total. The fourth-order valence-electron chi connectivity index (χ4n) is 2.34. The molecule has 1 saturated heterocycles. The number of carbonyl (C=O) groups excluding carboxylic acids is 1. The number of nitrogens with zero attached hydrogens (tertiary/aromatic N) is 1. The van der Waals surface area contributed by atoms with E-state index >= 15 is 0 Å². The fourth-order valence-corrected chi connectivity index (χ4v) is 4.03. The van der Waals surface area contributed by atoms with Crippen LogP contribution in [0.2, 0.25) is 0 Å². The maximum atomic E-state index is 11.9. The monoisotopic (exact) mass is 291 g/mol. The Morgan fingerprint density at radius 2 is 1.89 bits per heavy atom. The molecule has 2 atom stereocenters. The Balaban J connectivity index is 2.64. The highest BCUT2D eigenvalue weighted by atomic mass is 32.2. The smallest absolute Gasteiger partial charge is 0.308 e. The van der Waals surface area contributed by atoms with Crippen LogP contribution in [0.5, 0.6) is 0 Å². The second kappa shape index (κ2) is 5.90. The third-order valence-corrected chi connectivity index (χ3v) is 5.07. The van der Waals surface area contributed by atoms with Gasteiger partial charge in [0.15, 0.2) is 9.84 Å². The maximum absolute atomic E-state index is 11.9. The van der Waals surface area contributed by atoms with Crippen LogP contribution in [0.15, 0.2) is 0 Å². The number of sulfone groups is 1. The van der Waals surface area contributed by atoms with Crippen LogP contribution in [0.25, 0.3) is 0 Å². The third-order valence-electron chi connectivity index (χ3n) is 3.21. The molecule has 110 valence electrons. The van der Waals surface area contributed by atoms with Crippen LogP contribution in [0.1, 0.15) is 20.8 Å². The molecule has 0 saturated carbocycles. The highest BCUT2D eigenvalue weighted by Gasteiger charge is 2.37. The Morgan fingerprint density at radius 3 is 2.32 bits per heavy atom. The second-order valence-electron chi connectivity index (χ2n) is 5.67. The second-order valence-corrected chi connectivity index (χ2v) is 7.78. The van der Waals surface area contributed by atoms with E-state index in [-0.39, 0.29) is 24.1 Å². The maximum Gasteiger partial charge on any atom is 0.308 e. The first-order chi connectivity index (χ1) is 8.62.